The van der Waals surface area contributed by atoms with Crippen molar-refractivity contribution < 1.29 is 9.59 Å². The van der Waals surface area contributed by atoms with Crippen molar-refractivity contribution >= 4 is 44.5 Å². The van der Waals surface area contributed by atoms with Crippen LogP contribution < -0.4 is 4.90 Å². The van der Waals surface area contributed by atoms with Gasteiger partial charge in [-0.2, -0.15) is 0 Å². The van der Waals surface area contributed by atoms with Crippen LogP contribution in [0.2, 0.25) is 0 Å². The third kappa shape index (κ3) is 4.58. The highest BCUT2D eigenvalue weighted by atomic mass is 79.9. The van der Waals surface area contributed by atoms with Gasteiger partial charge in [0.15, 0.2) is 0 Å². The molecule has 1 unspecified atom stereocenters. The lowest BCUT2D eigenvalue weighted by atomic mass is 10.1. The fourth-order valence-electron chi connectivity index (χ4n) is 4.46. The molecule has 0 N–H and O–H groups in total. The fourth-order valence-corrected chi connectivity index (χ4v) is 4.72. The number of amides is 2. The van der Waals surface area contributed by atoms with Crippen molar-refractivity contribution in [3.8, 4) is 0 Å². The number of imidazole rings is 1. The van der Waals surface area contributed by atoms with E-state index in [2.05, 4.69) is 29.8 Å². The summed E-state index contributed by atoms with van der Waals surface area (Å²) >= 11 is 3.45. The van der Waals surface area contributed by atoms with Gasteiger partial charge in [-0.1, -0.05) is 41.9 Å². The van der Waals surface area contributed by atoms with Gasteiger partial charge in [-0.15, -0.1) is 0 Å². The molecule has 0 radical (unpaired) electrons. The lowest BCUT2D eigenvalue weighted by Gasteiger charge is -2.23. The quantitative estimate of drug-likeness (QED) is 0.442. The van der Waals surface area contributed by atoms with Gasteiger partial charge in [-0.3, -0.25) is 9.59 Å². The summed E-state index contributed by atoms with van der Waals surface area (Å²) in [6.45, 7) is 6.51. The zero-order valence-electron chi connectivity index (χ0n) is 18.6. The molecule has 0 bridgehead atoms. The second kappa shape index (κ2) is 9.86. The highest BCUT2D eigenvalue weighted by Gasteiger charge is 2.35. The summed E-state index contributed by atoms with van der Waals surface area (Å²) in [5, 5.41) is 0. The second-order valence-electron chi connectivity index (χ2n) is 8.31. The molecule has 7 heteroatoms. The van der Waals surface area contributed by atoms with Gasteiger partial charge in [0.2, 0.25) is 11.8 Å². The molecule has 0 saturated carbocycles. The normalized spacial score (nSPS) is 16.2. The zero-order chi connectivity index (χ0) is 22.7. The molecule has 1 fully saturated rings. The van der Waals surface area contributed by atoms with Crippen LogP contribution >= 0.6 is 15.9 Å². The standard InChI is InChI=1S/C25H29BrN4O2/c1-3-13-28(14-4-2)24(32)17-30-22-8-6-5-7-21(22)27-25(30)18-15-23(31)29(16-18)20-11-9-19(26)10-12-20/h5-12,18H,3-4,13-17H2,1-2H3. The number of benzene rings is 2. The van der Waals surface area contributed by atoms with Gasteiger partial charge in [0.1, 0.15) is 12.4 Å². The van der Waals surface area contributed by atoms with Gasteiger partial charge in [0.05, 0.1) is 11.0 Å². The Hall–Kier alpha value is -2.67. The highest BCUT2D eigenvalue weighted by Crippen LogP contribution is 2.33. The number of para-hydroxylation sites is 2. The molecule has 3 aromatic rings. The van der Waals surface area contributed by atoms with Crippen molar-refractivity contribution in [3.05, 3.63) is 58.8 Å². The SMILES string of the molecule is CCCN(CCC)C(=O)Cn1c(C2CC(=O)N(c3ccc(Br)cc3)C2)nc2ccccc21. The number of hydrogen-bond acceptors (Lipinski definition) is 3. The first-order chi connectivity index (χ1) is 15.5. The van der Waals surface area contributed by atoms with E-state index in [9.17, 15) is 9.59 Å². The Morgan fingerprint density at radius 3 is 2.47 bits per heavy atom. The van der Waals surface area contributed by atoms with Crippen LogP contribution in [0.25, 0.3) is 11.0 Å². The van der Waals surface area contributed by atoms with Crippen molar-refractivity contribution in [1.82, 2.24) is 14.5 Å². The lowest BCUT2D eigenvalue weighted by molar-refractivity contribution is -0.131. The van der Waals surface area contributed by atoms with Crippen molar-refractivity contribution in [2.75, 3.05) is 24.5 Å². The number of anilines is 1. The van der Waals surface area contributed by atoms with E-state index in [-0.39, 0.29) is 24.3 Å². The van der Waals surface area contributed by atoms with Gasteiger partial charge in [-0.25, -0.2) is 4.98 Å². The van der Waals surface area contributed by atoms with Gasteiger partial charge in [-0.05, 0) is 49.2 Å². The fraction of sp³-hybridized carbons (Fsp3) is 0.400. The molecule has 32 heavy (non-hydrogen) atoms. The Labute approximate surface area is 197 Å². The molecule has 2 amide bonds. The van der Waals surface area contributed by atoms with Gasteiger partial charge < -0.3 is 14.4 Å². The third-order valence-electron chi connectivity index (χ3n) is 5.95. The van der Waals surface area contributed by atoms with Crippen LogP contribution in [0.1, 0.15) is 44.9 Å². The predicted octanol–water partition coefficient (Wildman–Crippen LogP) is 4.97. The monoisotopic (exact) mass is 496 g/mol. The summed E-state index contributed by atoms with van der Waals surface area (Å²) in [6, 6.07) is 15.7. The predicted molar refractivity (Wildman–Crippen MR) is 131 cm³/mol. The van der Waals surface area contributed by atoms with Crippen molar-refractivity contribution in [1.29, 1.82) is 0 Å². The van der Waals surface area contributed by atoms with Crippen molar-refractivity contribution in [2.45, 2.75) is 45.6 Å². The number of rotatable bonds is 8. The number of hydrogen-bond donors (Lipinski definition) is 0. The first-order valence-corrected chi connectivity index (χ1v) is 12.1. The second-order valence-corrected chi connectivity index (χ2v) is 9.22. The smallest absolute Gasteiger partial charge is 0.242 e. The summed E-state index contributed by atoms with van der Waals surface area (Å²) in [5.74, 6) is 0.950. The van der Waals surface area contributed by atoms with Crippen LogP contribution in [0.15, 0.2) is 53.0 Å². The largest absolute Gasteiger partial charge is 0.341 e. The number of aromatic nitrogens is 2. The van der Waals surface area contributed by atoms with E-state index >= 15 is 0 Å². The van der Waals surface area contributed by atoms with Crippen LogP contribution in [0.5, 0.6) is 0 Å². The van der Waals surface area contributed by atoms with E-state index in [0.717, 1.165) is 52.9 Å². The summed E-state index contributed by atoms with van der Waals surface area (Å²) < 4.78 is 3.01. The molecule has 1 aliphatic rings. The number of carbonyl (C=O) groups excluding carboxylic acids is 2. The molecule has 0 aliphatic carbocycles. The van der Waals surface area contributed by atoms with Gasteiger partial charge >= 0.3 is 0 Å². The van der Waals surface area contributed by atoms with E-state index in [0.29, 0.717) is 13.0 Å². The minimum atomic E-state index is -0.0582. The Kier molecular flexibility index (Phi) is 6.94. The average Bonchev–Trinajstić information content (AvgIpc) is 3.35. The minimum absolute atomic E-state index is 0.0582. The summed E-state index contributed by atoms with van der Waals surface area (Å²) in [4.78, 5) is 34.7. The molecule has 168 valence electrons. The van der Waals surface area contributed by atoms with Gasteiger partial charge in [0, 0.05) is 42.1 Å². The maximum Gasteiger partial charge on any atom is 0.242 e. The number of halogens is 1. The summed E-state index contributed by atoms with van der Waals surface area (Å²) in [5.41, 5.74) is 2.69. The van der Waals surface area contributed by atoms with E-state index in [1.807, 2.05) is 62.9 Å². The molecule has 1 aliphatic heterocycles. The van der Waals surface area contributed by atoms with Crippen LogP contribution in [-0.4, -0.2) is 45.9 Å². The van der Waals surface area contributed by atoms with E-state index in [1.54, 1.807) is 0 Å². The maximum absolute atomic E-state index is 13.2. The molecule has 2 heterocycles. The van der Waals surface area contributed by atoms with E-state index < -0.39 is 0 Å². The summed E-state index contributed by atoms with van der Waals surface area (Å²) in [7, 11) is 0. The highest BCUT2D eigenvalue weighted by molar-refractivity contribution is 9.10. The number of fused-ring (bicyclic) bond motifs is 1. The Bertz CT molecular complexity index is 1100. The topological polar surface area (TPSA) is 58.4 Å². The number of carbonyl (C=O) groups is 2. The Morgan fingerprint density at radius 1 is 1.09 bits per heavy atom. The Balaban J connectivity index is 1.65. The van der Waals surface area contributed by atoms with E-state index in [4.69, 9.17) is 4.98 Å². The zero-order valence-corrected chi connectivity index (χ0v) is 20.2. The maximum atomic E-state index is 13.2. The van der Waals surface area contributed by atoms with Crippen LogP contribution in [-0.2, 0) is 16.1 Å². The average molecular weight is 497 g/mol. The van der Waals surface area contributed by atoms with Gasteiger partial charge in [0.25, 0.3) is 0 Å². The molecule has 4 rings (SSSR count). The Morgan fingerprint density at radius 2 is 1.78 bits per heavy atom. The molecule has 1 atom stereocenters. The van der Waals surface area contributed by atoms with Crippen LogP contribution in [0, 0.1) is 0 Å². The minimum Gasteiger partial charge on any atom is -0.341 e. The molecule has 1 saturated heterocycles. The summed E-state index contributed by atoms with van der Waals surface area (Å²) in [6.07, 6.45) is 2.26. The van der Waals surface area contributed by atoms with Crippen LogP contribution in [0.4, 0.5) is 5.69 Å². The van der Waals surface area contributed by atoms with Crippen LogP contribution in [0.3, 0.4) is 0 Å². The first-order valence-electron chi connectivity index (χ1n) is 11.3. The lowest BCUT2D eigenvalue weighted by Crippen LogP contribution is -2.35. The van der Waals surface area contributed by atoms with Crippen molar-refractivity contribution in [2.24, 2.45) is 0 Å². The first kappa shape index (κ1) is 22.5. The molecule has 6 nitrogen and oxygen atoms in total. The molecular weight excluding hydrogens is 468 g/mol. The molecule has 0 spiro atoms. The third-order valence-corrected chi connectivity index (χ3v) is 6.47. The molecule has 1 aromatic heterocycles. The van der Waals surface area contributed by atoms with Crippen molar-refractivity contribution in [3.63, 3.8) is 0 Å². The molecular formula is C25H29BrN4O2. The number of nitrogens with zero attached hydrogens (tertiary/aromatic N) is 4. The molecule has 2 aromatic carbocycles. The van der Waals surface area contributed by atoms with E-state index in [1.165, 1.54) is 0 Å².